The van der Waals surface area contributed by atoms with Crippen LogP contribution in [-0.4, -0.2) is 54.1 Å². The van der Waals surface area contributed by atoms with Crippen molar-refractivity contribution in [2.24, 2.45) is 0 Å². The van der Waals surface area contributed by atoms with Gasteiger partial charge in [-0.3, -0.25) is 9.59 Å². The van der Waals surface area contributed by atoms with Crippen molar-refractivity contribution >= 4 is 17.6 Å². The number of anilines is 1. The summed E-state index contributed by atoms with van der Waals surface area (Å²) < 4.78 is 19.2. The molecule has 0 bridgehead atoms. The van der Waals surface area contributed by atoms with Crippen molar-refractivity contribution in [3.8, 4) is 0 Å². The van der Waals surface area contributed by atoms with Crippen molar-refractivity contribution in [3.05, 3.63) is 47.5 Å². The number of nitrogens with zero attached hydrogens (tertiary/aromatic N) is 2. The van der Waals surface area contributed by atoms with E-state index in [1.807, 2.05) is 6.92 Å². The van der Waals surface area contributed by atoms with Gasteiger partial charge in [0.05, 0.1) is 25.2 Å². The first-order valence-electron chi connectivity index (χ1n) is 10.5. The van der Waals surface area contributed by atoms with Gasteiger partial charge in [0.25, 0.3) is 5.91 Å². The van der Waals surface area contributed by atoms with Gasteiger partial charge in [-0.1, -0.05) is 17.3 Å². The molecule has 164 valence electrons. The molecular weight excluding hydrogens is 387 g/mol. The second-order valence-corrected chi connectivity index (χ2v) is 7.48. The Kier molecular flexibility index (Phi) is 8.98. The molecule has 0 aliphatic rings. The van der Waals surface area contributed by atoms with Gasteiger partial charge in [-0.15, -0.1) is 0 Å². The Morgan fingerprint density at radius 2 is 1.97 bits per heavy atom. The monoisotopic (exact) mass is 419 g/mol. The summed E-state index contributed by atoms with van der Waals surface area (Å²) in [6.07, 6.45) is 1.63. The third-order valence-corrected chi connectivity index (χ3v) is 5.26. The number of nitrogens with one attached hydrogen (secondary N) is 2. The number of carbonyl (C=O) groups is 2. The summed E-state index contributed by atoms with van der Waals surface area (Å²) in [6, 6.07) is 7.20. The first-order valence-corrected chi connectivity index (χ1v) is 10.5. The molecule has 0 aliphatic carbocycles. The molecule has 1 heterocycles. The zero-order chi connectivity index (χ0) is 22.1. The highest BCUT2D eigenvalue weighted by Crippen LogP contribution is 2.15. The topological polar surface area (TPSA) is 79.9 Å². The Morgan fingerprint density at radius 3 is 2.57 bits per heavy atom. The molecule has 2 amide bonds. The maximum atomic E-state index is 14.2. The fourth-order valence-electron chi connectivity index (χ4n) is 3.39. The molecule has 8 heteroatoms. The van der Waals surface area contributed by atoms with Crippen LogP contribution < -0.4 is 10.2 Å². The predicted octanol–water partition coefficient (Wildman–Crippen LogP) is 2.30. The van der Waals surface area contributed by atoms with Crippen molar-refractivity contribution in [1.82, 2.24) is 10.1 Å². The van der Waals surface area contributed by atoms with E-state index >= 15 is 0 Å². The van der Waals surface area contributed by atoms with Crippen molar-refractivity contribution in [1.29, 1.82) is 0 Å². The molecule has 0 saturated heterocycles. The number of hydrogen-bond donors (Lipinski definition) is 2. The number of aryl methyl sites for hydroxylation is 1. The minimum atomic E-state index is -0.597. The zero-order valence-electron chi connectivity index (χ0n) is 18.2. The van der Waals surface area contributed by atoms with Crippen molar-refractivity contribution in [2.75, 3.05) is 31.5 Å². The molecule has 2 aromatic rings. The number of aromatic nitrogens is 1. The summed E-state index contributed by atoms with van der Waals surface area (Å²) in [5.41, 5.74) is -0.0381. The molecule has 2 rings (SSSR count). The van der Waals surface area contributed by atoms with Crippen LogP contribution in [-0.2, 0) is 4.79 Å². The summed E-state index contributed by atoms with van der Waals surface area (Å²) >= 11 is 0. The van der Waals surface area contributed by atoms with Crippen LogP contribution in [0.5, 0.6) is 0 Å². The van der Waals surface area contributed by atoms with E-state index in [1.54, 1.807) is 19.1 Å². The van der Waals surface area contributed by atoms with Gasteiger partial charge in [-0.05, 0) is 52.7 Å². The molecule has 2 N–H and O–H groups in total. The standard InChI is InChI=1S/C22H31FN4O3/c1-5-26(6-2)13-9-10-16(3)27(22(29)18-11-7-8-12-19(18)23)15-21(28)24-20-14-17(4)30-25-20/h7-8,11-12,14,16H,5-6,9-10,13,15H2,1-4H3,(H,24,25,28)/p+1/t16-/m0/s1. The number of quaternary nitrogens is 1. The summed E-state index contributed by atoms with van der Waals surface area (Å²) in [5, 5.41) is 6.37. The average molecular weight is 420 g/mol. The fraction of sp³-hybridized carbons (Fsp3) is 0.500. The second kappa shape index (κ2) is 11.4. The molecule has 1 atom stereocenters. The van der Waals surface area contributed by atoms with E-state index in [1.165, 1.54) is 28.0 Å². The molecule has 7 nitrogen and oxygen atoms in total. The highest BCUT2D eigenvalue weighted by molar-refractivity contribution is 5.99. The fourth-order valence-corrected chi connectivity index (χ4v) is 3.39. The lowest BCUT2D eigenvalue weighted by atomic mass is 10.1. The maximum absolute atomic E-state index is 14.2. The smallest absolute Gasteiger partial charge is 0.257 e. The predicted molar refractivity (Wildman–Crippen MR) is 113 cm³/mol. The summed E-state index contributed by atoms with van der Waals surface area (Å²) in [7, 11) is 0. The Hall–Kier alpha value is -2.74. The third-order valence-electron chi connectivity index (χ3n) is 5.26. The van der Waals surface area contributed by atoms with Crippen LogP contribution in [0.2, 0.25) is 0 Å². The van der Waals surface area contributed by atoms with Gasteiger partial charge in [0, 0.05) is 12.1 Å². The molecule has 0 spiro atoms. The zero-order valence-corrected chi connectivity index (χ0v) is 18.2. The van der Waals surface area contributed by atoms with E-state index in [2.05, 4.69) is 24.3 Å². The Balaban J connectivity index is 2.11. The molecule has 1 aromatic heterocycles. The van der Waals surface area contributed by atoms with Crippen LogP contribution in [0, 0.1) is 12.7 Å². The van der Waals surface area contributed by atoms with E-state index in [4.69, 9.17) is 4.52 Å². The van der Waals surface area contributed by atoms with Gasteiger partial charge < -0.3 is 19.6 Å². The van der Waals surface area contributed by atoms with Gasteiger partial charge in [-0.25, -0.2) is 4.39 Å². The lowest BCUT2D eigenvalue weighted by Crippen LogP contribution is -3.11. The number of rotatable bonds is 11. The normalized spacial score (nSPS) is 12.1. The largest absolute Gasteiger partial charge is 0.360 e. The van der Waals surface area contributed by atoms with E-state index < -0.39 is 17.6 Å². The minimum Gasteiger partial charge on any atom is -0.360 e. The first kappa shape index (κ1) is 23.5. The van der Waals surface area contributed by atoms with Gasteiger partial charge >= 0.3 is 0 Å². The van der Waals surface area contributed by atoms with Gasteiger partial charge in [-0.2, -0.15) is 0 Å². The lowest BCUT2D eigenvalue weighted by Gasteiger charge is -2.29. The van der Waals surface area contributed by atoms with Gasteiger partial charge in [0.2, 0.25) is 5.91 Å². The van der Waals surface area contributed by atoms with Gasteiger partial charge in [0.1, 0.15) is 18.1 Å². The maximum Gasteiger partial charge on any atom is 0.257 e. The highest BCUT2D eigenvalue weighted by atomic mass is 19.1. The van der Waals surface area contributed by atoms with Gasteiger partial charge in [0.15, 0.2) is 5.82 Å². The highest BCUT2D eigenvalue weighted by Gasteiger charge is 2.26. The summed E-state index contributed by atoms with van der Waals surface area (Å²) in [6.45, 7) is 10.8. The molecule has 0 fully saturated rings. The number of carbonyl (C=O) groups excluding carboxylic acids is 2. The van der Waals surface area contributed by atoms with Crippen LogP contribution in [0.3, 0.4) is 0 Å². The molecule has 0 radical (unpaired) electrons. The van der Waals surface area contributed by atoms with Crippen molar-refractivity contribution < 1.29 is 23.4 Å². The van der Waals surface area contributed by atoms with E-state index in [-0.39, 0.29) is 24.0 Å². The van der Waals surface area contributed by atoms with Crippen LogP contribution in [0.4, 0.5) is 10.2 Å². The SMILES string of the molecule is CC[NH+](CC)CCC[C@H](C)N(CC(=O)Nc1cc(C)on1)C(=O)c1ccccc1F. The van der Waals surface area contributed by atoms with E-state index in [0.29, 0.717) is 5.76 Å². The number of amides is 2. The minimum absolute atomic E-state index is 0.0381. The molecular formula is C22H32FN4O3+. The van der Waals surface area contributed by atoms with Crippen molar-refractivity contribution in [2.45, 2.75) is 46.6 Å². The number of benzene rings is 1. The number of hydrogen-bond acceptors (Lipinski definition) is 4. The molecule has 0 aliphatic heterocycles. The Bertz CT molecular complexity index is 835. The number of halogens is 1. The van der Waals surface area contributed by atoms with Crippen LogP contribution in [0.25, 0.3) is 0 Å². The van der Waals surface area contributed by atoms with Crippen LogP contribution in [0.1, 0.15) is 49.7 Å². The van der Waals surface area contributed by atoms with Crippen LogP contribution >= 0.6 is 0 Å². The molecule has 1 aromatic carbocycles. The molecule has 0 saturated carbocycles. The Labute approximate surface area is 177 Å². The third kappa shape index (κ3) is 6.66. The average Bonchev–Trinajstić information content (AvgIpc) is 3.13. The second-order valence-electron chi connectivity index (χ2n) is 7.48. The Morgan fingerprint density at radius 1 is 1.27 bits per heavy atom. The summed E-state index contributed by atoms with van der Waals surface area (Å²) in [5.74, 6) is -0.651. The van der Waals surface area contributed by atoms with Crippen molar-refractivity contribution in [3.63, 3.8) is 0 Å². The van der Waals surface area contributed by atoms with Crippen LogP contribution in [0.15, 0.2) is 34.9 Å². The molecule has 0 unspecified atom stereocenters. The first-order chi connectivity index (χ1) is 14.3. The van der Waals surface area contributed by atoms with E-state index in [0.717, 1.165) is 32.5 Å². The quantitative estimate of drug-likeness (QED) is 0.586. The lowest BCUT2D eigenvalue weighted by molar-refractivity contribution is -0.896. The molecule has 30 heavy (non-hydrogen) atoms. The summed E-state index contributed by atoms with van der Waals surface area (Å²) in [4.78, 5) is 28.5. The van der Waals surface area contributed by atoms with E-state index in [9.17, 15) is 14.0 Å².